The molecule has 19 N–H and O–H groups in total. The van der Waals surface area contributed by atoms with Gasteiger partial charge in [0.1, 0.15) is 0 Å². The molecule has 1 rings (SSSR count). The number of carbonyl (C=O) groups excluding carboxylic acids is 6. The Morgan fingerprint density at radius 1 is 0.647 bits per heavy atom. The van der Waals surface area contributed by atoms with Crippen molar-refractivity contribution in [3.63, 3.8) is 0 Å². The number of aliphatic hydroxyl groups is 1. The van der Waals surface area contributed by atoms with Gasteiger partial charge in [-0.1, -0.05) is 0 Å². The summed E-state index contributed by atoms with van der Waals surface area (Å²) in [5.41, 5.74) is 8.37. The van der Waals surface area contributed by atoms with E-state index in [-0.39, 0.29) is 16.7 Å². The molecule has 1 aromatic carbocycles. The van der Waals surface area contributed by atoms with Crippen molar-refractivity contribution in [1.29, 1.82) is 0 Å². The lowest BCUT2D eigenvalue weighted by molar-refractivity contribution is -0.149. The molecule has 0 unspecified atom stereocenters. The second kappa shape index (κ2) is 14.0. The fraction of sp³-hybridized carbons (Fsp3) is 0.200. The number of benzene rings is 1. The van der Waals surface area contributed by atoms with Crippen molar-refractivity contribution in [2.24, 2.45) is 35.1 Å². The SMILES string of the molecule is NNC(=O)CC(O)(CC(=O)NN)C(=O)NN.NNC(=O)c1ccc(C(=O)NN)c(C(=O)NN)c1. The van der Waals surface area contributed by atoms with Crippen LogP contribution in [0.5, 0.6) is 0 Å². The average molecular weight is 486 g/mol. The molecule has 19 nitrogen and oxygen atoms in total. The van der Waals surface area contributed by atoms with Gasteiger partial charge >= 0.3 is 0 Å². The van der Waals surface area contributed by atoms with Crippen LogP contribution in [0.3, 0.4) is 0 Å². The molecular formula is C15H26N12O7. The van der Waals surface area contributed by atoms with Crippen LogP contribution in [-0.2, 0) is 14.4 Å². The maximum absolute atomic E-state index is 11.5. The molecule has 0 heterocycles. The Labute approximate surface area is 191 Å². The van der Waals surface area contributed by atoms with E-state index in [1.165, 1.54) is 18.2 Å². The number of rotatable bonds is 8. The monoisotopic (exact) mass is 486 g/mol. The van der Waals surface area contributed by atoms with E-state index in [1.807, 2.05) is 16.3 Å². The molecule has 1 aromatic rings. The van der Waals surface area contributed by atoms with Crippen LogP contribution >= 0.6 is 0 Å². The van der Waals surface area contributed by atoms with Crippen molar-refractivity contribution in [2.45, 2.75) is 18.4 Å². The molecule has 0 aliphatic heterocycles. The van der Waals surface area contributed by atoms with Crippen LogP contribution in [0.1, 0.15) is 43.9 Å². The number of nitrogens with one attached hydrogen (secondary N) is 6. The fourth-order valence-corrected chi connectivity index (χ4v) is 2.30. The fourth-order valence-electron chi connectivity index (χ4n) is 2.30. The zero-order valence-corrected chi connectivity index (χ0v) is 17.5. The predicted octanol–water partition coefficient (Wildman–Crippen LogP) is -7.04. The van der Waals surface area contributed by atoms with Crippen molar-refractivity contribution >= 4 is 35.4 Å². The van der Waals surface area contributed by atoms with Gasteiger partial charge in [-0.25, -0.2) is 35.1 Å². The summed E-state index contributed by atoms with van der Waals surface area (Å²) in [5.74, 6) is 24.5. The van der Waals surface area contributed by atoms with Gasteiger partial charge < -0.3 is 5.11 Å². The van der Waals surface area contributed by atoms with E-state index < -0.39 is 53.9 Å². The van der Waals surface area contributed by atoms with Gasteiger partial charge in [0.15, 0.2) is 5.60 Å². The van der Waals surface area contributed by atoms with E-state index in [9.17, 15) is 33.9 Å². The standard InChI is InChI=1S/C9H12N6O3.C6H14N6O4/c10-13-7(16)4-1-2-5(8(17)14-11)6(3-4)9(18)15-12;7-10-3(13)1-6(16,5(15)12-9)2-4(14)11-8/h1-3H,10-12H2,(H,13,16)(H,14,17)(H,15,18);16H,1-2,7-9H2,(H,10,13)(H,11,14)(H,12,15). The number of nitrogen functional groups attached to an aromatic ring is 3. The molecule has 0 atom stereocenters. The summed E-state index contributed by atoms with van der Waals surface area (Å²) in [5, 5.41) is 9.76. The summed E-state index contributed by atoms with van der Waals surface area (Å²) >= 11 is 0. The maximum atomic E-state index is 11.5. The molecule has 0 bridgehead atoms. The Kier molecular flexibility index (Phi) is 12.3. The third-order valence-corrected chi connectivity index (χ3v) is 3.95. The minimum atomic E-state index is -2.30. The maximum Gasteiger partial charge on any atom is 0.266 e. The topological polar surface area (TPSA) is 351 Å². The second-order valence-electron chi connectivity index (χ2n) is 6.17. The molecule has 188 valence electrons. The molecule has 19 heteroatoms. The van der Waals surface area contributed by atoms with Gasteiger partial charge in [0.05, 0.1) is 24.0 Å². The van der Waals surface area contributed by atoms with Crippen molar-refractivity contribution in [3.8, 4) is 0 Å². The molecule has 6 amide bonds. The first-order chi connectivity index (χ1) is 15.9. The van der Waals surface area contributed by atoms with Crippen LogP contribution in [0.2, 0.25) is 0 Å². The lowest BCUT2D eigenvalue weighted by Gasteiger charge is -2.23. The molecule has 0 aliphatic rings. The van der Waals surface area contributed by atoms with E-state index >= 15 is 0 Å². The van der Waals surface area contributed by atoms with Crippen LogP contribution in [0, 0.1) is 0 Å². The van der Waals surface area contributed by atoms with Gasteiger partial charge in [0.25, 0.3) is 23.6 Å². The van der Waals surface area contributed by atoms with Crippen LogP contribution in [0.15, 0.2) is 18.2 Å². The van der Waals surface area contributed by atoms with Crippen LogP contribution in [0.4, 0.5) is 0 Å². The van der Waals surface area contributed by atoms with Gasteiger partial charge in [0.2, 0.25) is 11.8 Å². The van der Waals surface area contributed by atoms with Crippen molar-refractivity contribution < 1.29 is 33.9 Å². The minimum Gasteiger partial charge on any atom is -0.379 e. The molecule has 0 saturated carbocycles. The van der Waals surface area contributed by atoms with E-state index in [2.05, 4.69) is 0 Å². The Balaban J connectivity index is 0.000000646. The van der Waals surface area contributed by atoms with Gasteiger partial charge in [-0.05, 0) is 18.2 Å². The largest absolute Gasteiger partial charge is 0.379 e. The highest BCUT2D eigenvalue weighted by Crippen LogP contribution is 2.15. The summed E-state index contributed by atoms with van der Waals surface area (Å²) in [6.07, 6.45) is -1.44. The van der Waals surface area contributed by atoms with E-state index in [1.54, 1.807) is 16.3 Å². The Hall–Kier alpha value is -4.24. The van der Waals surface area contributed by atoms with E-state index in [4.69, 9.17) is 35.1 Å². The number of hydrogen-bond donors (Lipinski definition) is 13. The van der Waals surface area contributed by atoms with E-state index in [0.717, 1.165) is 0 Å². The van der Waals surface area contributed by atoms with Gasteiger partial charge in [-0.15, -0.1) is 0 Å². The highest BCUT2D eigenvalue weighted by atomic mass is 16.3. The highest BCUT2D eigenvalue weighted by molar-refractivity contribution is 6.08. The van der Waals surface area contributed by atoms with Crippen molar-refractivity contribution in [2.75, 3.05) is 0 Å². The summed E-state index contributed by atoms with van der Waals surface area (Å²) in [7, 11) is 0. The Morgan fingerprint density at radius 2 is 1.09 bits per heavy atom. The molecule has 0 aromatic heterocycles. The first-order valence-electron chi connectivity index (χ1n) is 8.83. The Bertz CT molecular complexity index is 920. The first kappa shape index (κ1) is 29.8. The molecule has 0 radical (unpaired) electrons. The third kappa shape index (κ3) is 8.36. The Morgan fingerprint density at radius 3 is 1.47 bits per heavy atom. The lowest BCUT2D eigenvalue weighted by Crippen LogP contribution is -2.54. The van der Waals surface area contributed by atoms with Gasteiger partial charge in [-0.2, -0.15) is 0 Å². The minimum absolute atomic E-state index is 0.0194. The first-order valence-corrected chi connectivity index (χ1v) is 8.83. The number of carbonyl (C=O) groups is 6. The average Bonchev–Trinajstić information content (AvgIpc) is 2.86. The van der Waals surface area contributed by atoms with Gasteiger partial charge in [-0.3, -0.25) is 61.3 Å². The normalized spacial score (nSPS) is 9.97. The van der Waals surface area contributed by atoms with Crippen LogP contribution < -0.4 is 67.6 Å². The summed E-state index contributed by atoms with van der Waals surface area (Å²) in [4.78, 5) is 67.3. The number of nitrogens with two attached hydrogens (primary N) is 6. The molecule has 34 heavy (non-hydrogen) atoms. The molecule has 0 saturated heterocycles. The number of hydrazine groups is 6. The van der Waals surface area contributed by atoms with Crippen molar-refractivity contribution in [1.82, 2.24) is 32.6 Å². The van der Waals surface area contributed by atoms with Gasteiger partial charge in [0, 0.05) is 5.56 Å². The second-order valence-corrected chi connectivity index (χ2v) is 6.17. The number of hydrogen-bond acceptors (Lipinski definition) is 13. The molecule has 0 aliphatic carbocycles. The molecular weight excluding hydrogens is 460 g/mol. The predicted molar refractivity (Wildman–Crippen MR) is 113 cm³/mol. The van der Waals surface area contributed by atoms with Crippen molar-refractivity contribution in [3.05, 3.63) is 34.9 Å². The number of amides is 6. The zero-order chi connectivity index (χ0) is 26.5. The van der Waals surface area contributed by atoms with Crippen LogP contribution in [0.25, 0.3) is 0 Å². The molecule has 0 spiro atoms. The molecule has 0 fully saturated rings. The third-order valence-electron chi connectivity index (χ3n) is 3.95. The highest BCUT2D eigenvalue weighted by Gasteiger charge is 2.40. The summed E-state index contributed by atoms with van der Waals surface area (Å²) in [6.45, 7) is 0. The zero-order valence-electron chi connectivity index (χ0n) is 17.5. The van der Waals surface area contributed by atoms with Crippen LogP contribution in [-0.4, -0.2) is 46.2 Å². The summed E-state index contributed by atoms with van der Waals surface area (Å²) < 4.78 is 0. The quantitative estimate of drug-likeness (QED) is 0.0923. The summed E-state index contributed by atoms with van der Waals surface area (Å²) in [6, 6.07) is 3.76. The lowest BCUT2D eigenvalue weighted by atomic mass is 9.94. The smallest absolute Gasteiger partial charge is 0.266 e. The van der Waals surface area contributed by atoms with E-state index in [0.29, 0.717) is 0 Å².